The third-order valence-electron chi connectivity index (χ3n) is 11.8. The van der Waals surface area contributed by atoms with Gasteiger partial charge in [-0.3, -0.25) is 19.2 Å². The number of aromatic hydroxyl groups is 1. The smallest absolute Gasteiger partial charge is 0.312 e. The normalized spacial score (nSPS) is 29.8. The lowest BCUT2D eigenvalue weighted by atomic mass is 9.78. The molecule has 0 unspecified atom stereocenters. The third kappa shape index (κ3) is 7.72. The van der Waals surface area contributed by atoms with E-state index < -0.39 is 82.7 Å². The van der Waals surface area contributed by atoms with Crippen LogP contribution < -0.4 is 20.4 Å². The first kappa shape index (κ1) is 43.8. The fourth-order valence-corrected chi connectivity index (χ4v) is 8.07. The lowest BCUT2D eigenvalue weighted by Gasteiger charge is -2.38. The number of aliphatic hydroxyl groups is 2. The number of hydrogen-bond donors (Lipinski definition) is 4. The summed E-state index contributed by atoms with van der Waals surface area (Å²) in [5.41, 5.74) is 0.491. The van der Waals surface area contributed by atoms with E-state index in [2.05, 4.69) is 5.32 Å². The van der Waals surface area contributed by atoms with Gasteiger partial charge in [0.2, 0.25) is 0 Å². The number of hydrogen-bond acceptors (Lipinski definition) is 14. The van der Waals surface area contributed by atoms with Crippen LogP contribution in [0.2, 0.25) is 0 Å². The third-order valence-corrected chi connectivity index (χ3v) is 11.8. The van der Waals surface area contributed by atoms with E-state index in [4.69, 9.17) is 28.3 Å². The van der Waals surface area contributed by atoms with E-state index in [9.17, 15) is 34.5 Å². The number of esters is 1. The molecule has 0 saturated carbocycles. The zero-order valence-corrected chi connectivity index (χ0v) is 35.6. The van der Waals surface area contributed by atoms with Crippen LogP contribution in [-0.2, 0) is 23.8 Å². The van der Waals surface area contributed by atoms with Gasteiger partial charge in [0.05, 0.1) is 35.5 Å². The Labute approximate surface area is 347 Å². The molecular formula is C45H53N3O12. The number of rotatable bonds is 3. The van der Waals surface area contributed by atoms with E-state index in [1.54, 1.807) is 52.0 Å². The minimum absolute atomic E-state index is 0.000126. The van der Waals surface area contributed by atoms with Crippen LogP contribution in [0.3, 0.4) is 0 Å². The predicted molar refractivity (Wildman–Crippen MR) is 226 cm³/mol. The molecule has 2 aliphatic heterocycles. The zero-order valence-electron chi connectivity index (χ0n) is 35.6. The number of anilines is 2. The number of ketones is 1. The molecule has 1 amide bonds. The molecular weight excluding hydrogens is 775 g/mol. The number of nitrogens with one attached hydrogen (secondary N) is 1. The van der Waals surface area contributed by atoms with Crippen molar-refractivity contribution in [2.45, 2.75) is 85.6 Å². The van der Waals surface area contributed by atoms with Crippen molar-refractivity contribution < 1.29 is 53.1 Å². The maximum atomic E-state index is 14.6. The van der Waals surface area contributed by atoms with Gasteiger partial charge in [-0.15, -0.1) is 0 Å². The van der Waals surface area contributed by atoms with Crippen molar-refractivity contribution >= 4 is 62.0 Å². The monoisotopic (exact) mass is 827 g/mol. The molecule has 0 aliphatic carbocycles. The van der Waals surface area contributed by atoms with Crippen molar-refractivity contribution in [2.24, 2.45) is 23.7 Å². The van der Waals surface area contributed by atoms with Crippen LogP contribution in [0.15, 0.2) is 63.6 Å². The standard InChI is InChI=1S/C45H53N3O12/c1-20-13-12-14-21(2)44(55)47-35-39(53)32-31(34-42(35)59-30-19-27(48(9)10)15-16-28(30)46-34)33-41(25(6)38(32)52)60-45(8,43(33)54)57-18-17-29(56-11)22(3)40(58-26(7)49)24(5)37(51)23(4)36(20)50/h12-20,22-24,29,36-37,40,50-51,53H,1-11H3,(H,47,55)/b13-12+,18-17+,21-14-/t20-,22+,23+,24+,29-,36-,37+,40+,45-/m0/s1. The maximum Gasteiger partial charge on any atom is 0.312 e. The summed E-state index contributed by atoms with van der Waals surface area (Å²) in [6, 6.07) is 5.26. The molecule has 3 aromatic carbocycles. The van der Waals surface area contributed by atoms with Crippen molar-refractivity contribution in [2.75, 3.05) is 31.4 Å². The minimum atomic E-state index is -2.03. The number of methoxy groups -OCH3 is 1. The second-order valence-corrected chi connectivity index (χ2v) is 16.3. The number of benzene rings is 3. The largest absolute Gasteiger partial charge is 0.505 e. The summed E-state index contributed by atoms with van der Waals surface area (Å²) >= 11 is 0. The summed E-state index contributed by atoms with van der Waals surface area (Å²) < 4.78 is 30.2. The predicted octanol–water partition coefficient (Wildman–Crippen LogP) is 6.06. The molecule has 15 nitrogen and oxygen atoms in total. The molecule has 2 aliphatic rings. The maximum absolute atomic E-state index is 14.6. The number of carbonyl (C=O) groups excluding carboxylic acids is 3. The van der Waals surface area contributed by atoms with Gasteiger partial charge in [0.25, 0.3) is 11.7 Å². The van der Waals surface area contributed by atoms with Gasteiger partial charge in [0.15, 0.2) is 22.3 Å². The summed E-state index contributed by atoms with van der Waals surface area (Å²) in [6.45, 7) is 12.6. The Morgan fingerprint density at radius 2 is 1.68 bits per heavy atom. The summed E-state index contributed by atoms with van der Waals surface area (Å²) in [4.78, 5) is 61.8. The molecule has 15 heteroatoms. The highest BCUT2D eigenvalue weighted by Crippen LogP contribution is 2.48. The van der Waals surface area contributed by atoms with Crippen molar-refractivity contribution in [3.05, 3.63) is 75.7 Å². The fraction of sp³-hybridized carbons (Fsp3) is 0.444. The number of phenols is 1. The molecule has 9 atom stereocenters. The van der Waals surface area contributed by atoms with Crippen molar-refractivity contribution in [1.29, 1.82) is 0 Å². The van der Waals surface area contributed by atoms with Gasteiger partial charge in [-0.05, 0) is 32.1 Å². The molecule has 3 heterocycles. The molecule has 4 N–H and O–H groups in total. The molecule has 0 fully saturated rings. The number of amides is 1. The average molecular weight is 828 g/mol. The van der Waals surface area contributed by atoms with Crippen molar-refractivity contribution in [1.82, 2.24) is 4.98 Å². The summed E-state index contributed by atoms with van der Waals surface area (Å²) in [5, 5.41) is 37.3. The number of aromatic nitrogens is 1. The number of allylic oxidation sites excluding steroid dienone is 2. The first-order chi connectivity index (χ1) is 28.2. The van der Waals surface area contributed by atoms with Gasteiger partial charge in [0.1, 0.15) is 28.6 Å². The number of phenolic OH excluding ortho intramolecular Hbond substituents is 1. The Kier molecular flexibility index (Phi) is 12.2. The summed E-state index contributed by atoms with van der Waals surface area (Å²) in [6.07, 6.45) is 3.65. The highest BCUT2D eigenvalue weighted by atomic mass is 16.7. The Morgan fingerprint density at radius 3 is 2.33 bits per heavy atom. The van der Waals surface area contributed by atoms with Gasteiger partial charge in [-0.1, -0.05) is 45.9 Å². The van der Waals surface area contributed by atoms with Crippen LogP contribution in [0.25, 0.3) is 33.0 Å². The molecule has 4 bridgehead atoms. The Morgan fingerprint density at radius 1 is 0.983 bits per heavy atom. The van der Waals surface area contributed by atoms with Crippen molar-refractivity contribution in [3.8, 4) is 11.5 Å². The molecule has 4 aromatic rings. The van der Waals surface area contributed by atoms with Crippen LogP contribution in [0.1, 0.15) is 64.4 Å². The first-order valence-corrected chi connectivity index (χ1v) is 19.8. The highest BCUT2D eigenvalue weighted by Gasteiger charge is 2.49. The van der Waals surface area contributed by atoms with Gasteiger partial charge in [-0.25, -0.2) is 4.98 Å². The lowest BCUT2D eigenvalue weighted by molar-refractivity contribution is -0.160. The minimum Gasteiger partial charge on any atom is -0.505 e. The molecule has 1 aromatic heterocycles. The quantitative estimate of drug-likeness (QED) is 0.0802. The Hall–Kier alpha value is -5.77. The molecule has 0 spiro atoms. The number of ether oxygens (including phenoxy) is 4. The Bertz CT molecular complexity index is 2540. The van der Waals surface area contributed by atoms with Crippen LogP contribution in [0, 0.1) is 30.6 Å². The summed E-state index contributed by atoms with van der Waals surface area (Å²) in [5.74, 6) is -7.16. The van der Waals surface area contributed by atoms with E-state index in [1.165, 1.54) is 53.2 Å². The molecule has 0 radical (unpaired) electrons. The number of fused-ring (bicyclic) bond motifs is 2. The number of nitrogens with zero attached hydrogens (tertiary/aromatic N) is 2. The van der Waals surface area contributed by atoms with Crippen LogP contribution in [0.4, 0.5) is 11.4 Å². The first-order valence-electron chi connectivity index (χ1n) is 19.8. The van der Waals surface area contributed by atoms with E-state index in [1.807, 2.05) is 25.1 Å². The van der Waals surface area contributed by atoms with E-state index >= 15 is 0 Å². The number of Topliss-reactive ketones (excluding diaryl/α,β-unsaturated/α-hetero) is 1. The van der Waals surface area contributed by atoms with E-state index in [0.29, 0.717) is 5.52 Å². The second kappa shape index (κ2) is 16.7. The van der Waals surface area contributed by atoms with Crippen LogP contribution in [0.5, 0.6) is 11.5 Å². The SMILES string of the molecule is CO[C@H]1/C=C/O[C@@]2(C)Oc3c(C)c(=O)c4c(O)c(c5oc6cc(N(C)C)ccc6nc5c4c3C2=O)NC(=O)/C(C)=C\C=C\[C@H](C)[C@H](O)[C@@H](C)[C@@H](O)[C@@H](C)[C@H](OC(C)=O)[C@@H]1C. The van der Waals surface area contributed by atoms with E-state index in [0.717, 1.165) is 5.69 Å². The lowest BCUT2D eigenvalue weighted by Crippen LogP contribution is -2.46. The highest BCUT2D eigenvalue weighted by molar-refractivity contribution is 6.26. The van der Waals surface area contributed by atoms with Crippen molar-refractivity contribution in [3.63, 3.8) is 0 Å². The topological polar surface area (TPSA) is 207 Å². The molecule has 0 saturated heterocycles. The average Bonchev–Trinajstić information content (AvgIpc) is 3.47. The number of carbonyl (C=O) groups is 3. The summed E-state index contributed by atoms with van der Waals surface area (Å²) in [7, 11) is 5.14. The molecule has 60 heavy (non-hydrogen) atoms. The number of aliphatic hydroxyl groups excluding tert-OH is 2. The van der Waals surface area contributed by atoms with Crippen LogP contribution in [-0.4, -0.2) is 89.4 Å². The molecule has 320 valence electrons. The van der Waals surface area contributed by atoms with Gasteiger partial charge in [-0.2, -0.15) is 0 Å². The van der Waals surface area contributed by atoms with Gasteiger partial charge >= 0.3 is 11.8 Å². The van der Waals surface area contributed by atoms with Gasteiger partial charge in [0, 0.05) is 87.0 Å². The fourth-order valence-electron chi connectivity index (χ4n) is 8.07. The Balaban J connectivity index is 1.60. The van der Waals surface area contributed by atoms with Crippen LogP contribution >= 0.6 is 0 Å². The van der Waals surface area contributed by atoms with E-state index in [-0.39, 0.29) is 55.6 Å². The second-order valence-electron chi connectivity index (χ2n) is 16.3. The molecule has 6 rings (SSSR count). The van der Waals surface area contributed by atoms with Gasteiger partial charge < -0.3 is 48.9 Å². The zero-order chi connectivity index (χ0) is 44.1.